The molecule has 346 valence electrons. The zero-order valence-electron chi connectivity index (χ0n) is 40.5. The summed E-state index contributed by atoms with van der Waals surface area (Å²) in [6.45, 7) is 4.64. The van der Waals surface area contributed by atoms with Crippen LogP contribution in [-0.2, 0) is 10.8 Å². The maximum atomic E-state index is 16.1. The van der Waals surface area contributed by atoms with Crippen molar-refractivity contribution in [1.82, 2.24) is 0 Å². The van der Waals surface area contributed by atoms with Gasteiger partial charge >= 0.3 is 0 Å². The van der Waals surface area contributed by atoms with E-state index < -0.39 is 5.41 Å². The minimum atomic E-state index is -0.492. The van der Waals surface area contributed by atoms with E-state index in [2.05, 4.69) is 255 Å². The van der Waals surface area contributed by atoms with Gasteiger partial charge in [0, 0.05) is 44.3 Å². The fourth-order valence-corrected chi connectivity index (χ4v) is 12.5. The standard InChI is InChI=1S/C70H48FNO/c1-69(2)61-26-12-11-23-58(61)66-64(69)29-16-30-65(66)72(52-39-33-46(34-40-52)45-17-5-3-6-18-45)53-41-35-48(36-42-53)59-43-51(71)44-60-57-25-15-24-54(67(57)73-68(59)60)47-31-37-50(38-32-47)70(49-19-7-4-8-20-49)62-27-13-9-21-55(62)56-22-10-14-28-63(56)70/h3-44H,1-2H3. The van der Waals surface area contributed by atoms with Crippen LogP contribution in [0.1, 0.15) is 47.2 Å². The Balaban J connectivity index is 0.871. The summed E-state index contributed by atoms with van der Waals surface area (Å²) in [5.74, 6) is -0.311. The number of hydrogen-bond donors (Lipinski definition) is 0. The minimum Gasteiger partial charge on any atom is -0.455 e. The van der Waals surface area contributed by atoms with E-state index in [1.165, 1.54) is 61.2 Å². The molecule has 3 heteroatoms. The van der Waals surface area contributed by atoms with Crippen LogP contribution in [0.5, 0.6) is 0 Å². The molecule has 73 heavy (non-hydrogen) atoms. The van der Waals surface area contributed by atoms with Crippen LogP contribution in [0.2, 0.25) is 0 Å². The third-order valence-corrected chi connectivity index (χ3v) is 15.8. The third-order valence-electron chi connectivity index (χ3n) is 15.8. The van der Waals surface area contributed by atoms with Gasteiger partial charge in [0.05, 0.1) is 11.1 Å². The predicted molar refractivity (Wildman–Crippen MR) is 300 cm³/mol. The Labute approximate surface area is 424 Å². The Bertz CT molecular complexity index is 4050. The summed E-state index contributed by atoms with van der Waals surface area (Å²) in [5.41, 5.74) is 22.4. The van der Waals surface area contributed by atoms with Crippen molar-refractivity contribution >= 4 is 39.0 Å². The van der Waals surface area contributed by atoms with Gasteiger partial charge in [-0.25, -0.2) is 4.39 Å². The Kier molecular flexibility index (Phi) is 9.68. The molecule has 1 aromatic heterocycles. The highest BCUT2D eigenvalue weighted by atomic mass is 19.1. The smallest absolute Gasteiger partial charge is 0.143 e. The van der Waals surface area contributed by atoms with Gasteiger partial charge in [-0.15, -0.1) is 0 Å². The normalized spacial score (nSPS) is 13.6. The van der Waals surface area contributed by atoms with E-state index in [-0.39, 0.29) is 11.2 Å². The molecule has 12 aromatic rings. The lowest BCUT2D eigenvalue weighted by atomic mass is 9.67. The quantitative estimate of drug-likeness (QED) is 0.151. The van der Waals surface area contributed by atoms with E-state index in [0.717, 1.165) is 55.7 Å². The Morgan fingerprint density at radius 1 is 0.356 bits per heavy atom. The van der Waals surface area contributed by atoms with E-state index in [1.54, 1.807) is 12.1 Å². The molecule has 2 aliphatic rings. The zero-order valence-corrected chi connectivity index (χ0v) is 40.5. The second kappa shape index (κ2) is 16.5. The van der Waals surface area contributed by atoms with Gasteiger partial charge in [0.2, 0.25) is 0 Å². The molecule has 0 saturated carbocycles. The van der Waals surface area contributed by atoms with Crippen LogP contribution >= 0.6 is 0 Å². The first-order chi connectivity index (χ1) is 35.9. The topological polar surface area (TPSA) is 16.4 Å². The van der Waals surface area contributed by atoms with Crippen LogP contribution in [0.25, 0.3) is 77.6 Å². The molecule has 0 spiro atoms. The fraction of sp³-hybridized carbons (Fsp3) is 0.0571. The lowest BCUT2D eigenvalue weighted by molar-refractivity contribution is 0.627. The van der Waals surface area contributed by atoms with Crippen LogP contribution in [0, 0.1) is 5.82 Å². The lowest BCUT2D eigenvalue weighted by Gasteiger charge is -2.34. The van der Waals surface area contributed by atoms with E-state index in [4.69, 9.17) is 4.42 Å². The van der Waals surface area contributed by atoms with E-state index in [9.17, 15) is 0 Å². The van der Waals surface area contributed by atoms with Crippen molar-refractivity contribution in [2.75, 3.05) is 4.90 Å². The van der Waals surface area contributed by atoms with Crippen molar-refractivity contribution in [2.45, 2.75) is 24.7 Å². The molecule has 1 heterocycles. The Hall–Kier alpha value is -9.05. The third kappa shape index (κ3) is 6.48. The van der Waals surface area contributed by atoms with Gasteiger partial charge in [-0.1, -0.05) is 226 Å². The Morgan fingerprint density at radius 3 is 1.51 bits per heavy atom. The lowest BCUT2D eigenvalue weighted by Crippen LogP contribution is -2.28. The van der Waals surface area contributed by atoms with E-state index in [1.807, 2.05) is 6.07 Å². The first-order valence-electron chi connectivity index (χ1n) is 25.2. The molecule has 0 amide bonds. The van der Waals surface area contributed by atoms with Crippen molar-refractivity contribution in [2.24, 2.45) is 0 Å². The number of halogens is 1. The molecule has 0 atom stereocenters. The average molecular weight is 938 g/mol. The van der Waals surface area contributed by atoms with Crippen molar-refractivity contribution in [3.8, 4) is 55.6 Å². The van der Waals surface area contributed by atoms with Gasteiger partial charge in [0.25, 0.3) is 0 Å². The van der Waals surface area contributed by atoms with Crippen LogP contribution in [0.4, 0.5) is 21.5 Å². The van der Waals surface area contributed by atoms with Crippen molar-refractivity contribution in [3.05, 3.63) is 294 Å². The highest BCUT2D eigenvalue weighted by Crippen LogP contribution is 2.57. The van der Waals surface area contributed by atoms with Gasteiger partial charge < -0.3 is 9.32 Å². The van der Waals surface area contributed by atoms with Gasteiger partial charge in [0.1, 0.15) is 17.0 Å². The number of fused-ring (bicyclic) bond motifs is 9. The fourth-order valence-electron chi connectivity index (χ4n) is 12.5. The molecular weight excluding hydrogens is 890 g/mol. The molecule has 11 aromatic carbocycles. The monoisotopic (exact) mass is 937 g/mol. The molecule has 0 N–H and O–H groups in total. The zero-order chi connectivity index (χ0) is 48.8. The van der Waals surface area contributed by atoms with E-state index in [0.29, 0.717) is 11.1 Å². The molecule has 2 nitrogen and oxygen atoms in total. The molecule has 0 aliphatic heterocycles. The maximum Gasteiger partial charge on any atom is 0.143 e. The summed E-state index contributed by atoms with van der Waals surface area (Å²) in [6, 6.07) is 90.3. The second-order valence-corrected chi connectivity index (χ2v) is 20.1. The number of hydrogen-bond acceptors (Lipinski definition) is 2. The number of rotatable bonds is 8. The van der Waals surface area contributed by atoms with Crippen LogP contribution in [0.3, 0.4) is 0 Å². The van der Waals surface area contributed by atoms with Crippen LogP contribution in [-0.4, -0.2) is 0 Å². The summed E-state index contributed by atoms with van der Waals surface area (Å²) in [4.78, 5) is 2.36. The van der Waals surface area contributed by atoms with Gasteiger partial charge in [-0.2, -0.15) is 0 Å². The largest absolute Gasteiger partial charge is 0.455 e. The summed E-state index contributed by atoms with van der Waals surface area (Å²) in [7, 11) is 0. The maximum absolute atomic E-state index is 16.1. The van der Waals surface area contributed by atoms with Crippen molar-refractivity contribution < 1.29 is 8.81 Å². The van der Waals surface area contributed by atoms with Crippen LogP contribution in [0.15, 0.2) is 259 Å². The molecule has 0 fully saturated rings. The van der Waals surface area contributed by atoms with Crippen molar-refractivity contribution in [3.63, 3.8) is 0 Å². The summed E-state index contributed by atoms with van der Waals surface area (Å²) < 4.78 is 23.0. The van der Waals surface area contributed by atoms with Crippen molar-refractivity contribution in [1.29, 1.82) is 0 Å². The first-order valence-corrected chi connectivity index (χ1v) is 25.2. The van der Waals surface area contributed by atoms with E-state index >= 15 is 4.39 Å². The summed E-state index contributed by atoms with van der Waals surface area (Å²) in [5, 5.41) is 1.62. The number of para-hydroxylation sites is 1. The number of furan rings is 1. The highest BCUT2D eigenvalue weighted by Gasteiger charge is 2.46. The summed E-state index contributed by atoms with van der Waals surface area (Å²) in [6.07, 6.45) is 0. The Morgan fingerprint density at radius 2 is 0.836 bits per heavy atom. The minimum absolute atomic E-state index is 0.159. The second-order valence-electron chi connectivity index (χ2n) is 20.1. The molecule has 0 radical (unpaired) electrons. The SMILES string of the molecule is CC1(C)c2ccccc2-c2c(N(c3ccc(-c4ccccc4)cc3)c3ccc(-c4cc(F)cc5c4oc4c(-c6ccc(C7(c8ccccc8)c8ccccc8-c8ccccc87)cc6)cccc45)cc3)cccc21. The number of anilines is 3. The van der Waals surface area contributed by atoms with Gasteiger partial charge in [-0.05, 0) is 115 Å². The molecule has 14 rings (SSSR count). The summed E-state index contributed by atoms with van der Waals surface area (Å²) >= 11 is 0. The number of nitrogens with zero attached hydrogens (tertiary/aromatic N) is 1. The molecule has 0 unspecified atom stereocenters. The molecule has 0 bridgehead atoms. The molecule has 0 saturated heterocycles. The average Bonchev–Trinajstić information content (AvgIpc) is 4.06. The molecular formula is C70H48FNO. The van der Waals surface area contributed by atoms with Gasteiger partial charge in [-0.3, -0.25) is 0 Å². The van der Waals surface area contributed by atoms with Crippen LogP contribution < -0.4 is 4.90 Å². The van der Waals surface area contributed by atoms with Gasteiger partial charge in [0.15, 0.2) is 0 Å². The molecule has 2 aliphatic carbocycles. The number of benzene rings is 11. The highest BCUT2D eigenvalue weighted by molar-refractivity contribution is 6.13. The predicted octanol–water partition coefficient (Wildman–Crippen LogP) is 18.9. The first kappa shape index (κ1) is 42.8.